The highest BCUT2D eigenvalue weighted by atomic mass is 14.7. The Bertz CT molecular complexity index is 266. The van der Waals surface area contributed by atoms with Crippen LogP contribution in [0.15, 0.2) is 18.3 Å². The zero-order valence-electron chi connectivity index (χ0n) is 7.33. The highest BCUT2D eigenvalue weighted by Crippen LogP contribution is 2.45. The SMILES string of the molecule is Cc1ccc(C2CC2CN)nc1. The smallest absolute Gasteiger partial charge is 0.0438 e. The monoisotopic (exact) mass is 162 g/mol. The fraction of sp³-hybridized carbons (Fsp3) is 0.500. The van der Waals surface area contributed by atoms with E-state index >= 15 is 0 Å². The average molecular weight is 162 g/mol. The van der Waals surface area contributed by atoms with E-state index in [1.807, 2.05) is 6.20 Å². The van der Waals surface area contributed by atoms with Crippen molar-refractivity contribution in [1.82, 2.24) is 4.98 Å². The van der Waals surface area contributed by atoms with Gasteiger partial charge in [-0.15, -0.1) is 0 Å². The molecule has 12 heavy (non-hydrogen) atoms. The lowest BCUT2D eigenvalue weighted by atomic mass is 10.2. The molecule has 2 heteroatoms. The molecule has 1 fully saturated rings. The fourth-order valence-electron chi connectivity index (χ4n) is 1.57. The van der Waals surface area contributed by atoms with Crippen LogP contribution in [0.2, 0.25) is 0 Å². The average Bonchev–Trinajstić information content (AvgIpc) is 2.85. The molecule has 2 rings (SSSR count). The van der Waals surface area contributed by atoms with Crippen LogP contribution in [0.3, 0.4) is 0 Å². The van der Waals surface area contributed by atoms with Crippen molar-refractivity contribution < 1.29 is 0 Å². The minimum atomic E-state index is 0.649. The maximum Gasteiger partial charge on any atom is 0.0438 e. The van der Waals surface area contributed by atoms with Crippen molar-refractivity contribution in [2.24, 2.45) is 11.7 Å². The van der Waals surface area contributed by atoms with Gasteiger partial charge in [-0.05, 0) is 37.4 Å². The van der Waals surface area contributed by atoms with E-state index in [1.165, 1.54) is 17.7 Å². The van der Waals surface area contributed by atoms with Crippen LogP contribution >= 0.6 is 0 Å². The molecule has 0 aliphatic heterocycles. The molecule has 0 spiro atoms. The van der Waals surface area contributed by atoms with Crippen LogP contribution in [0.4, 0.5) is 0 Å². The van der Waals surface area contributed by atoms with Crippen LogP contribution in [-0.2, 0) is 0 Å². The van der Waals surface area contributed by atoms with E-state index < -0.39 is 0 Å². The van der Waals surface area contributed by atoms with Gasteiger partial charge >= 0.3 is 0 Å². The van der Waals surface area contributed by atoms with Crippen LogP contribution in [0.5, 0.6) is 0 Å². The third kappa shape index (κ3) is 1.34. The Kier molecular flexibility index (Phi) is 1.85. The first-order chi connectivity index (χ1) is 5.81. The highest BCUT2D eigenvalue weighted by molar-refractivity contribution is 5.21. The van der Waals surface area contributed by atoms with Crippen molar-refractivity contribution >= 4 is 0 Å². The molecule has 0 amide bonds. The van der Waals surface area contributed by atoms with Gasteiger partial charge in [0.2, 0.25) is 0 Å². The Hall–Kier alpha value is -0.890. The summed E-state index contributed by atoms with van der Waals surface area (Å²) in [7, 11) is 0. The zero-order chi connectivity index (χ0) is 8.55. The number of aryl methyl sites for hydroxylation is 1. The van der Waals surface area contributed by atoms with E-state index in [4.69, 9.17) is 5.73 Å². The van der Waals surface area contributed by atoms with Gasteiger partial charge < -0.3 is 5.73 Å². The molecule has 0 saturated heterocycles. The van der Waals surface area contributed by atoms with E-state index in [0.29, 0.717) is 11.8 Å². The second-order valence-corrected chi connectivity index (χ2v) is 3.60. The highest BCUT2D eigenvalue weighted by Gasteiger charge is 2.37. The summed E-state index contributed by atoms with van der Waals surface area (Å²) in [5, 5.41) is 0. The number of hydrogen-bond acceptors (Lipinski definition) is 2. The van der Waals surface area contributed by atoms with E-state index in [0.717, 1.165) is 6.54 Å². The molecule has 1 aromatic heterocycles. The first-order valence-corrected chi connectivity index (χ1v) is 4.44. The summed E-state index contributed by atoms with van der Waals surface area (Å²) in [6.45, 7) is 2.87. The van der Waals surface area contributed by atoms with Crippen LogP contribution in [0.1, 0.15) is 23.6 Å². The molecule has 1 aliphatic carbocycles. The Morgan fingerprint density at radius 3 is 2.92 bits per heavy atom. The third-order valence-electron chi connectivity index (χ3n) is 2.54. The Labute approximate surface area is 72.8 Å². The molecular weight excluding hydrogens is 148 g/mol. The molecule has 0 aromatic carbocycles. The minimum Gasteiger partial charge on any atom is -0.330 e. The van der Waals surface area contributed by atoms with E-state index in [-0.39, 0.29) is 0 Å². The third-order valence-corrected chi connectivity index (χ3v) is 2.54. The van der Waals surface area contributed by atoms with Gasteiger partial charge in [-0.1, -0.05) is 6.07 Å². The number of pyridine rings is 1. The van der Waals surface area contributed by atoms with Crippen molar-refractivity contribution in [3.63, 3.8) is 0 Å². The summed E-state index contributed by atoms with van der Waals surface area (Å²) in [4.78, 5) is 4.38. The molecule has 1 heterocycles. The summed E-state index contributed by atoms with van der Waals surface area (Å²) in [5.74, 6) is 1.34. The molecule has 2 nitrogen and oxygen atoms in total. The molecule has 2 N–H and O–H groups in total. The van der Waals surface area contributed by atoms with Crippen molar-refractivity contribution in [1.29, 1.82) is 0 Å². The number of nitrogens with two attached hydrogens (primary N) is 1. The summed E-state index contributed by atoms with van der Waals surface area (Å²) in [6, 6.07) is 4.24. The summed E-state index contributed by atoms with van der Waals surface area (Å²) < 4.78 is 0. The summed E-state index contributed by atoms with van der Waals surface area (Å²) in [6.07, 6.45) is 3.16. The normalized spacial score (nSPS) is 27.2. The van der Waals surface area contributed by atoms with Crippen molar-refractivity contribution in [3.8, 4) is 0 Å². The predicted octanol–water partition coefficient (Wildman–Crippen LogP) is 1.45. The largest absolute Gasteiger partial charge is 0.330 e. The molecule has 2 atom stereocenters. The zero-order valence-corrected chi connectivity index (χ0v) is 7.33. The van der Waals surface area contributed by atoms with Crippen molar-refractivity contribution in [2.75, 3.05) is 6.54 Å². The maximum atomic E-state index is 5.56. The van der Waals surface area contributed by atoms with E-state index in [1.54, 1.807) is 0 Å². The quantitative estimate of drug-likeness (QED) is 0.715. The number of hydrogen-bond donors (Lipinski definition) is 1. The molecule has 2 unspecified atom stereocenters. The van der Waals surface area contributed by atoms with Crippen LogP contribution in [0.25, 0.3) is 0 Å². The van der Waals surface area contributed by atoms with E-state index in [9.17, 15) is 0 Å². The number of aromatic nitrogens is 1. The summed E-state index contributed by atoms with van der Waals surface area (Å²) in [5.41, 5.74) is 8.01. The molecule has 0 bridgehead atoms. The van der Waals surface area contributed by atoms with Gasteiger partial charge in [0.05, 0.1) is 0 Å². The Morgan fingerprint density at radius 1 is 1.58 bits per heavy atom. The lowest BCUT2D eigenvalue weighted by molar-refractivity contribution is 0.796. The molecule has 1 aromatic rings. The van der Waals surface area contributed by atoms with Gasteiger partial charge in [-0.3, -0.25) is 4.98 Å². The van der Waals surface area contributed by atoms with E-state index in [2.05, 4.69) is 24.0 Å². The van der Waals surface area contributed by atoms with Crippen LogP contribution < -0.4 is 5.73 Å². The van der Waals surface area contributed by atoms with Crippen LogP contribution in [0, 0.1) is 12.8 Å². The van der Waals surface area contributed by atoms with Crippen molar-refractivity contribution in [2.45, 2.75) is 19.3 Å². The molecule has 1 aliphatic rings. The maximum absolute atomic E-state index is 5.56. The van der Waals surface area contributed by atoms with Crippen LogP contribution in [-0.4, -0.2) is 11.5 Å². The number of rotatable bonds is 2. The van der Waals surface area contributed by atoms with Gasteiger partial charge in [-0.2, -0.15) is 0 Å². The lowest BCUT2D eigenvalue weighted by Gasteiger charge is -1.97. The number of nitrogens with zero attached hydrogens (tertiary/aromatic N) is 1. The molecular formula is C10H14N2. The van der Waals surface area contributed by atoms with Gasteiger partial charge in [0.1, 0.15) is 0 Å². The predicted molar refractivity (Wildman–Crippen MR) is 48.9 cm³/mol. The minimum absolute atomic E-state index is 0.649. The topological polar surface area (TPSA) is 38.9 Å². The Morgan fingerprint density at radius 2 is 2.42 bits per heavy atom. The molecule has 0 radical (unpaired) electrons. The lowest BCUT2D eigenvalue weighted by Crippen LogP contribution is -2.02. The second-order valence-electron chi connectivity index (χ2n) is 3.60. The molecule has 1 saturated carbocycles. The first kappa shape index (κ1) is 7.74. The molecule has 64 valence electrons. The standard InChI is InChI=1S/C10H14N2/c1-7-2-3-10(12-6-7)9-4-8(9)5-11/h2-3,6,8-9H,4-5,11H2,1H3. The van der Waals surface area contributed by atoms with Crippen molar-refractivity contribution in [3.05, 3.63) is 29.6 Å². The van der Waals surface area contributed by atoms with Gasteiger partial charge in [0.25, 0.3) is 0 Å². The fourth-order valence-corrected chi connectivity index (χ4v) is 1.57. The second kappa shape index (κ2) is 2.87. The first-order valence-electron chi connectivity index (χ1n) is 4.44. The van der Waals surface area contributed by atoms with Gasteiger partial charge in [0.15, 0.2) is 0 Å². The van der Waals surface area contributed by atoms with Gasteiger partial charge in [0, 0.05) is 17.8 Å². The Balaban J connectivity index is 2.10. The summed E-state index contributed by atoms with van der Waals surface area (Å²) >= 11 is 0. The van der Waals surface area contributed by atoms with Gasteiger partial charge in [-0.25, -0.2) is 0 Å².